The van der Waals surface area contributed by atoms with Crippen LogP contribution in [0.4, 0.5) is 11.6 Å². The molecule has 310 valence electrons. The van der Waals surface area contributed by atoms with E-state index >= 15 is 0 Å². The number of benzene rings is 2. The molecule has 15 heteroatoms. The van der Waals surface area contributed by atoms with E-state index in [0.717, 1.165) is 117 Å². The lowest BCUT2D eigenvalue weighted by Gasteiger charge is -2.27. The first kappa shape index (κ1) is 40.0. The van der Waals surface area contributed by atoms with Crippen LogP contribution in [-0.2, 0) is 19.1 Å². The zero-order chi connectivity index (χ0) is 42.2. The number of rotatable bonds is 6. The number of hydrogen-bond donors (Lipinski definition) is 2. The number of nitrogens with two attached hydrogens (primary N) is 2. The molecule has 6 aromatic heterocycles. The standard InChI is InChI=1S/C23H22BrN5O2.C23H23N5O2/c1-31-23(30)14-8-6-13(7-9-14)20-19(24)21(25)29-22(28-20)17(12-27-29)16-10-15-4-2-3-5-18(15)26-11-16;1-30-23(29)15-8-6-14(7-9-15)20-11-21(24)28-22(27-20)18(13-26-28)17-10-16-4-2-3-5-19(16)25-12-17/h2-5,10-14H,6-9,25H2,1H3;2-5,10-15H,6-9,24H2,1H3. The quantitative estimate of drug-likeness (QED) is 0.151. The largest absolute Gasteiger partial charge is 0.469 e. The molecule has 2 fully saturated rings. The SMILES string of the molecule is COC(=O)C1CCC(c2cc(N)n3ncc(-c4cnc5ccccc5c4)c3n2)CC1.COC(=O)C1CCC(c2nc3c(-c4cnc5ccccc5c4)cnn3c(N)c2Br)CC1. The first-order chi connectivity index (χ1) is 29.7. The van der Waals surface area contributed by atoms with Crippen LogP contribution in [0.3, 0.4) is 0 Å². The van der Waals surface area contributed by atoms with Gasteiger partial charge in [-0.2, -0.15) is 19.2 Å². The van der Waals surface area contributed by atoms with Crippen molar-refractivity contribution in [2.24, 2.45) is 11.8 Å². The highest BCUT2D eigenvalue weighted by atomic mass is 79.9. The van der Waals surface area contributed by atoms with Crippen LogP contribution in [0.1, 0.15) is 74.6 Å². The van der Waals surface area contributed by atoms with Crippen LogP contribution < -0.4 is 11.5 Å². The number of halogens is 1. The van der Waals surface area contributed by atoms with E-state index in [0.29, 0.717) is 17.3 Å². The van der Waals surface area contributed by atoms with E-state index < -0.39 is 0 Å². The normalized spacial score (nSPS) is 19.1. The molecule has 2 saturated carbocycles. The molecule has 61 heavy (non-hydrogen) atoms. The number of ether oxygens (including phenoxy) is 2. The predicted octanol–water partition coefficient (Wildman–Crippen LogP) is 8.71. The molecular formula is C46H45BrN10O4. The molecule has 4 N–H and O–H groups in total. The van der Waals surface area contributed by atoms with Gasteiger partial charge in [0, 0.05) is 69.0 Å². The van der Waals surface area contributed by atoms with Crippen molar-refractivity contribution in [3.05, 3.63) is 107 Å². The molecule has 2 aliphatic carbocycles. The van der Waals surface area contributed by atoms with E-state index in [1.165, 1.54) is 14.2 Å². The summed E-state index contributed by atoms with van der Waals surface area (Å²) in [5.41, 5.74) is 21.7. The maximum atomic E-state index is 11.9. The Kier molecular flexibility index (Phi) is 11.1. The van der Waals surface area contributed by atoms with Crippen LogP contribution in [0.25, 0.3) is 55.4 Å². The number of carbonyl (C=O) groups excluding carboxylic acids is 2. The maximum Gasteiger partial charge on any atom is 0.308 e. The molecule has 0 atom stereocenters. The second-order valence-corrected chi connectivity index (χ2v) is 16.7. The molecule has 6 heterocycles. The molecule has 0 amide bonds. The fraction of sp³-hybridized carbons (Fsp3) is 0.304. The lowest BCUT2D eigenvalue weighted by molar-refractivity contribution is -0.147. The average Bonchev–Trinajstić information content (AvgIpc) is 3.95. The Morgan fingerprint density at radius 3 is 1.67 bits per heavy atom. The molecule has 2 aliphatic rings. The third kappa shape index (κ3) is 7.74. The van der Waals surface area contributed by atoms with Crippen molar-refractivity contribution in [2.45, 2.75) is 63.2 Å². The van der Waals surface area contributed by atoms with Crippen molar-refractivity contribution in [1.82, 2.24) is 39.2 Å². The number of carbonyl (C=O) groups is 2. The topological polar surface area (TPSA) is 191 Å². The average molecular weight is 882 g/mol. The number of fused-ring (bicyclic) bond motifs is 4. The van der Waals surface area contributed by atoms with Gasteiger partial charge in [0.15, 0.2) is 11.3 Å². The number of pyridine rings is 2. The Labute approximate surface area is 359 Å². The van der Waals surface area contributed by atoms with Crippen molar-refractivity contribution < 1.29 is 19.1 Å². The fourth-order valence-corrected chi connectivity index (χ4v) is 9.48. The molecule has 0 unspecified atom stereocenters. The van der Waals surface area contributed by atoms with Gasteiger partial charge in [-0.25, -0.2) is 9.97 Å². The first-order valence-corrected chi connectivity index (χ1v) is 21.3. The van der Waals surface area contributed by atoms with E-state index in [1.54, 1.807) is 21.4 Å². The van der Waals surface area contributed by atoms with E-state index in [1.807, 2.05) is 67.0 Å². The van der Waals surface area contributed by atoms with Gasteiger partial charge in [-0.05, 0) is 91.6 Å². The summed E-state index contributed by atoms with van der Waals surface area (Å²) in [6.07, 6.45) is 14.0. The van der Waals surface area contributed by atoms with Gasteiger partial charge in [0.05, 0.1) is 59.6 Å². The van der Waals surface area contributed by atoms with Crippen LogP contribution >= 0.6 is 15.9 Å². The molecule has 14 nitrogen and oxygen atoms in total. The summed E-state index contributed by atoms with van der Waals surface area (Å²) < 4.78 is 13.9. The van der Waals surface area contributed by atoms with Gasteiger partial charge in [-0.1, -0.05) is 36.4 Å². The predicted molar refractivity (Wildman–Crippen MR) is 237 cm³/mol. The smallest absolute Gasteiger partial charge is 0.308 e. The van der Waals surface area contributed by atoms with E-state index in [4.69, 9.17) is 30.9 Å². The van der Waals surface area contributed by atoms with E-state index in [-0.39, 0.29) is 35.6 Å². The van der Waals surface area contributed by atoms with Crippen LogP contribution in [-0.4, -0.2) is 65.3 Å². The van der Waals surface area contributed by atoms with Crippen molar-refractivity contribution in [2.75, 3.05) is 25.7 Å². The van der Waals surface area contributed by atoms with E-state index in [9.17, 15) is 9.59 Å². The Hall–Kier alpha value is -6.48. The Morgan fingerprint density at radius 1 is 0.639 bits per heavy atom. The first-order valence-electron chi connectivity index (χ1n) is 20.5. The summed E-state index contributed by atoms with van der Waals surface area (Å²) in [7, 11) is 2.90. The lowest BCUT2D eigenvalue weighted by atomic mass is 9.80. The summed E-state index contributed by atoms with van der Waals surface area (Å²) >= 11 is 3.64. The molecule has 0 spiro atoms. The number of nitrogens with zero attached hydrogens (tertiary/aromatic N) is 8. The van der Waals surface area contributed by atoms with Gasteiger partial charge in [0.1, 0.15) is 11.6 Å². The van der Waals surface area contributed by atoms with Crippen molar-refractivity contribution in [3.8, 4) is 22.3 Å². The number of nitrogen functional groups attached to an aromatic ring is 2. The monoisotopic (exact) mass is 880 g/mol. The summed E-state index contributed by atoms with van der Waals surface area (Å²) in [5, 5.41) is 11.1. The molecular weight excluding hydrogens is 836 g/mol. The summed E-state index contributed by atoms with van der Waals surface area (Å²) in [5.74, 6) is 1.30. The highest BCUT2D eigenvalue weighted by Gasteiger charge is 2.31. The molecule has 8 aromatic rings. The second kappa shape index (κ2) is 16.9. The number of methoxy groups -OCH3 is 2. The summed E-state index contributed by atoms with van der Waals surface area (Å²) in [6, 6.07) is 22.1. The molecule has 2 aromatic carbocycles. The minimum Gasteiger partial charge on any atom is -0.469 e. The highest BCUT2D eigenvalue weighted by Crippen LogP contribution is 2.41. The molecule has 0 radical (unpaired) electrons. The van der Waals surface area contributed by atoms with Crippen molar-refractivity contribution in [3.63, 3.8) is 0 Å². The number of aromatic nitrogens is 8. The van der Waals surface area contributed by atoms with Crippen LogP contribution in [0.2, 0.25) is 0 Å². The van der Waals surface area contributed by atoms with E-state index in [2.05, 4.69) is 48.2 Å². The number of esters is 2. The summed E-state index contributed by atoms with van der Waals surface area (Å²) in [4.78, 5) is 42.8. The van der Waals surface area contributed by atoms with Crippen molar-refractivity contribution >= 4 is 72.6 Å². The van der Waals surface area contributed by atoms with Gasteiger partial charge in [0.25, 0.3) is 0 Å². The minimum atomic E-state index is -0.123. The number of hydrogen-bond acceptors (Lipinski definition) is 12. The molecule has 10 rings (SSSR count). The zero-order valence-electron chi connectivity index (χ0n) is 33.9. The van der Waals surface area contributed by atoms with Gasteiger partial charge >= 0.3 is 11.9 Å². The number of anilines is 2. The Morgan fingerprint density at radius 2 is 1.13 bits per heavy atom. The van der Waals surface area contributed by atoms with Crippen molar-refractivity contribution in [1.29, 1.82) is 0 Å². The van der Waals surface area contributed by atoms with Gasteiger partial charge < -0.3 is 20.9 Å². The minimum absolute atomic E-state index is 0.0125. The zero-order valence-corrected chi connectivity index (χ0v) is 35.5. The summed E-state index contributed by atoms with van der Waals surface area (Å²) in [6.45, 7) is 0. The lowest BCUT2D eigenvalue weighted by Crippen LogP contribution is -2.23. The van der Waals surface area contributed by atoms with Gasteiger partial charge in [-0.15, -0.1) is 0 Å². The third-order valence-electron chi connectivity index (χ3n) is 12.3. The van der Waals surface area contributed by atoms with Crippen LogP contribution in [0.5, 0.6) is 0 Å². The number of para-hydroxylation sites is 2. The van der Waals surface area contributed by atoms with Crippen LogP contribution in [0.15, 0.2) is 96.0 Å². The Balaban J connectivity index is 0.000000156. The fourth-order valence-electron chi connectivity index (χ4n) is 8.90. The Bertz CT molecular complexity index is 2930. The maximum absolute atomic E-state index is 11.9. The van der Waals surface area contributed by atoms with Gasteiger partial charge in [-0.3, -0.25) is 19.6 Å². The second-order valence-electron chi connectivity index (χ2n) is 15.9. The highest BCUT2D eigenvalue weighted by molar-refractivity contribution is 9.10. The molecule has 0 bridgehead atoms. The third-order valence-corrected chi connectivity index (χ3v) is 13.1. The van der Waals surface area contributed by atoms with Gasteiger partial charge in [0.2, 0.25) is 0 Å². The van der Waals surface area contributed by atoms with Crippen LogP contribution in [0, 0.1) is 11.8 Å². The molecule has 0 saturated heterocycles. The molecule has 0 aliphatic heterocycles.